The van der Waals surface area contributed by atoms with Crippen molar-refractivity contribution in [1.29, 1.82) is 0 Å². The number of rotatable bonds is 2. The van der Waals surface area contributed by atoms with Gasteiger partial charge >= 0.3 is 0 Å². The molecule has 0 unspecified atom stereocenters. The summed E-state index contributed by atoms with van der Waals surface area (Å²) in [7, 11) is 0. The lowest BCUT2D eigenvalue weighted by Crippen LogP contribution is -2.28. The maximum atomic E-state index is 12.7. The summed E-state index contributed by atoms with van der Waals surface area (Å²) in [6.07, 6.45) is 1.89. The first kappa shape index (κ1) is 15.0. The fourth-order valence-corrected chi connectivity index (χ4v) is 3.64. The Morgan fingerprint density at radius 1 is 1.05 bits per heavy atom. The van der Waals surface area contributed by atoms with E-state index >= 15 is 0 Å². The highest BCUT2D eigenvalue weighted by Crippen LogP contribution is 2.37. The van der Waals surface area contributed by atoms with Crippen LogP contribution in [0.4, 0.5) is 5.69 Å². The molecule has 0 aromatic heterocycles. The van der Waals surface area contributed by atoms with Gasteiger partial charge < -0.3 is 0 Å². The molecule has 1 aliphatic heterocycles. The van der Waals surface area contributed by atoms with Crippen molar-refractivity contribution in [3.05, 3.63) is 70.1 Å². The molecule has 0 bridgehead atoms. The van der Waals surface area contributed by atoms with E-state index in [2.05, 4.69) is 0 Å². The number of carbonyl (C=O) groups is 1. The summed E-state index contributed by atoms with van der Waals surface area (Å²) >= 11 is 6.78. The van der Waals surface area contributed by atoms with Gasteiger partial charge in [0.1, 0.15) is 0 Å². The zero-order chi connectivity index (χ0) is 15.7. The lowest BCUT2D eigenvalue weighted by molar-refractivity contribution is -0.113. The highest BCUT2D eigenvalue weighted by molar-refractivity contribution is 8.27. The first-order valence-electron chi connectivity index (χ1n) is 6.97. The summed E-state index contributed by atoms with van der Waals surface area (Å²) in [5.74, 6) is -0.0486. The first-order chi connectivity index (χ1) is 10.6. The van der Waals surface area contributed by atoms with Gasteiger partial charge in [-0.15, -0.1) is 0 Å². The maximum Gasteiger partial charge on any atom is 0.270 e. The van der Waals surface area contributed by atoms with Crippen molar-refractivity contribution < 1.29 is 4.79 Å². The van der Waals surface area contributed by atoms with Crippen molar-refractivity contribution in [3.63, 3.8) is 0 Å². The molecule has 0 N–H and O–H groups in total. The molecule has 1 amide bonds. The minimum absolute atomic E-state index is 0.0486. The zero-order valence-corrected chi connectivity index (χ0v) is 14.0. The Hall–Kier alpha value is -1.91. The summed E-state index contributed by atoms with van der Waals surface area (Å²) in [6.45, 7) is 4.06. The molecule has 4 heteroatoms. The van der Waals surface area contributed by atoms with E-state index in [-0.39, 0.29) is 5.91 Å². The van der Waals surface area contributed by atoms with Crippen molar-refractivity contribution in [1.82, 2.24) is 0 Å². The third-order valence-electron chi connectivity index (χ3n) is 3.71. The van der Waals surface area contributed by atoms with Gasteiger partial charge in [0, 0.05) is 0 Å². The van der Waals surface area contributed by atoms with Crippen molar-refractivity contribution in [2.75, 3.05) is 4.90 Å². The summed E-state index contributed by atoms with van der Waals surface area (Å²) in [5.41, 5.74) is 4.11. The zero-order valence-electron chi connectivity index (χ0n) is 12.4. The minimum Gasteiger partial charge on any atom is -0.268 e. The number of thioether (sulfide) groups is 1. The van der Waals surface area contributed by atoms with Crippen LogP contribution in [0.25, 0.3) is 6.08 Å². The largest absolute Gasteiger partial charge is 0.270 e. The van der Waals surface area contributed by atoms with Crippen LogP contribution in [0, 0.1) is 13.8 Å². The van der Waals surface area contributed by atoms with E-state index in [4.69, 9.17) is 12.2 Å². The van der Waals surface area contributed by atoms with Gasteiger partial charge in [-0.3, -0.25) is 9.69 Å². The van der Waals surface area contributed by atoms with E-state index < -0.39 is 0 Å². The van der Waals surface area contributed by atoms with Gasteiger partial charge in [-0.2, -0.15) is 0 Å². The van der Waals surface area contributed by atoms with Crippen LogP contribution in [-0.2, 0) is 4.79 Å². The smallest absolute Gasteiger partial charge is 0.268 e. The molecule has 0 spiro atoms. The van der Waals surface area contributed by atoms with E-state index in [0.29, 0.717) is 9.23 Å². The van der Waals surface area contributed by atoms with E-state index in [1.54, 1.807) is 4.90 Å². The number of nitrogens with zero attached hydrogens (tertiary/aromatic N) is 1. The second-order valence-corrected chi connectivity index (χ2v) is 6.82. The second-order valence-electron chi connectivity index (χ2n) is 5.15. The molecule has 110 valence electrons. The second kappa shape index (κ2) is 6.07. The van der Waals surface area contributed by atoms with Crippen LogP contribution in [0.1, 0.15) is 16.7 Å². The van der Waals surface area contributed by atoms with Gasteiger partial charge in [0.2, 0.25) is 0 Å². The third-order valence-corrected chi connectivity index (χ3v) is 5.01. The molecule has 1 fully saturated rings. The van der Waals surface area contributed by atoms with Crippen LogP contribution in [0.3, 0.4) is 0 Å². The van der Waals surface area contributed by atoms with Crippen LogP contribution < -0.4 is 4.90 Å². The molecule has 1 aliphatic rings. The molecular weight excluding hydrogens is 310 g/mol. The Kier molecular flexibility index (Phi) is 4.14. The van der Waals surface area contributed by atoms with Crippen molar-refractivity contribution in [3.8, 4) is 0 Å². The predicted octanol–water partition coefficient (Wildman–Crippen LogP) is 4.71. The van der Waals surface area contributed by atoms with Crippen molar-refractivity contribution in [2.45, 2.75) is 13.8 Å². The Morgan fingerprint density at radius 2 is 1.77 bits per heavy atom. The van der Waals surface area contributed by atoms with Gasteiger partial charge in [0.15, 0.2) is 4.32 Å². The monoisotopic (exact) mass is 325 g/mol. The topological polar surface area (TPSA) is 20.3 Å². The number of hydrogen-bond acceptors (Lipinski definition) is 3. The van der Waals surface area contributed by atoms with Crippen LogP contribution in [0.15, 0.2) is 53.4 Å². The van der Waals surface area contributed by atoms with Crippen LogP contribution >= 0.6 is 24.0 Å². The van der Waals surface area contributed by atoms with Crippen LogP contribution in [0.2, 0.25) is 0 Å². The van der Waals surface area contributed by atoms with E-state index in [1.165, 1.54) is 11.8 Å². The number of benzene rings is 2. The number of aryl methyl sites for hydroxylation is 1. The Labute approximate surface area is 139 Å². The molecule has 0 saturated carbocycles. The predicted molar refractivity (Wildman–Crippen MR) is 98.0 cm³/mol. The third kappa shape index (κ3) is 2.72. The molecule has 2 aromatic rings. The van der Waals surface area contributed by atoms with Gasteiger partial charge in [0.25, 0.3) is 5.91 Å². The van der Waals surface area contributed by atoms with E-state index in [0.717, 1.165) is 22.4 Å². The normalized spacial score (nSPS) is 16.6. The molecule has 1 heterocycles. The molecule has 2 aromatic carbocycles. The number of anilines is 1. The lowest BCUT2D eigenvalue weighted by Gasteiger charge is -2.18. The fourth-order valence-electron chi connectivity index (χ4n) is 2.35. The fraction of sp³-hybridized carbons (Fsp3) is 0.111. The van der Waals surface area contributed by atoms with Crippen molar-refractivity contribution >= 4 is 46.0 Å². The molecule has 2 nitrogen and oxygen atoms in total. The van der Waals surface area contributed by atoms with Crippen LogP contribution in [-0.4, -0.2) is 10.2 Å². The Balaban J connectivity index is 1.99. The van der Waals surface area contributed by atoms with Gasteiger partial charge in [-0.1, -0.05) is 66.4 Å². The SMILES string of the molecule is Cc1cccc(N2C(=O)C(=Cc3ccccc3)SC2=S)c1C. The average molecular weight is 325 g/mol. The maximum absolute atomic E-state index is 12.7. The van der Waals surface area contributed by atoms with E-state index in [9.17, 15) is 4.79 Å². The van der Waals surface area contributed by atoms with E-state index in [1.807, 2.05) is 68.5 Å². The standard InChI is InChI=1S/C18H15NOS2/c1-12-7-6-10-15(13(12)2)19-17(20)16(22-18(19)21)11-14-8-4-3-5-9-14/h3-11H,1-2H3. The highest BCUT2D eigenvalue weighted by Gasteiger charge is 2.34. The molecule has 22 heavy (non-hydrogen) atoms. The number of thiocarbonyl (C=S) groups is 1. The lowest BCUT2D eigenvalue weighted by atomic mass is 10.1. The molecule has 1 saturated heterocycles. The number of hydrogen-bond donors (Lipinski definition) is 0. The molecular formula is C18H15NOS2. The van der Waals surface area contributed by atoms with Crippen molar-refractivity contribution in [2.24, 2.45) is 0 Å². The Bertz CT molecular complexity index is 781. The number of amides is 1. The molecule has 0 aliphatic carbocycles. The van der Waals surface area contributed by atoms with Crippen LogP contribution in [0.5, 0.6) is 0 Å². The summed E-state index contributed by atoms with van der Waals surface area (Å²) in [6, 6.07) is 15.8. The summed E-state index contributed by atoms with van der Waals surface area (Å²) in [4.78, 5) is 15.0. The molecule has 0 radical (unpaired) electrons. The molecule has 3 rings (SSSR count). The minimum atomic E-state index is -0.0486. The number of carbonyl (C=O) groups excluding carboxylic acids is 1. The first-order valence-corrected chi connectivity index (χ1v) is 8.19. The van der Waals surface area contributed by atoms with Gasteiger partial charge in [0.05, 0.1) is 10.6 Å². The average Bonchev–Trinajstić information content (AvgIpc) is 2.78. The van der Waals surface area contributed by atoms with Gasteiger partial charge in [-0.05, 0) is 42.7 Å². The highest BCUT2D eigenvalue weighted by atomic mass is 32.2. The Morgan fingerprint density at radius 3 is 2.50 bits per heavy atom. The summed E-state index contributed by atoms with van der Waals surface area (Å²) in [5, 5.41) is 0. The van der Waals surface area contributed by atoms with Gasteiger partial charge in [-0.25, -0.2) is 0 Å². The summed E-state index contributed by atoms with van der Waals surface area (Å²) < 4.78 is 0.584. The quantitative estimate of drug-likeness (QED) is 0.589. The molecule has 0 atom stereocenters.